The van der Waals surface area contributed by atoms with E-state index < -0.39 is 0 Å². The predicted molar refractivity (Wildman–Crippen MR) is 93.5 cm³/mol. The third kappa shape index (κ3) is 5.26. The molecule has 22 heavy (non-hydrogen) atoms. The number of hydrogen-bond donors (Lipinski definition) is 2. The van der Waals surface area contributed by atoms with Gasteiger partial charge in [-0.1, -0.05) is 13.8 Å². The van der Waals surface area contributed by atoms with E-state index in [9.17, 15) is 0 Å². The van der Waals surface area contributed by atoms with Crippen LogP contribution in [-0.4, -0.2) is 50.3 Å². The molecule has 1 aromatic rings. The monoisotopic (exact) mass is 324 g/mol. The van der Waals surface area contributed by atoms with Gasteiger partial charge < -0.3 is 15.8 Å². The molecule has 124 valence electrons. The molecule has 3 N–H and O–H groups in total. The lowest BCUT2D eigenvalue weighted by atomic mass is 10.2. The lowest BCUT2D eigenvalue weighted by Crippen LogP contribution is -2.45. The lowest BCUT2D eigenvalue weighted by molar-refractivity contribution is 0.0177. The van der Waals surface area contributed by atoms with Crippen molar-refractivity contribution < 1.29 is 4.74 Å². The smallest absolute Gasteiger partial charge is 0.188 e. The number of hydrogen-bond acceptors (Lipinski definition) is 4. The minimum absolute atomic E-state index is 0.329. The summed E-state index contributed by atoms with van der Waals surface area (Å²) in [5, 5.41) is 3.30. The second kappa shape index (κ2) is 8.50. The van der Waals surface area contributed by atoms with E-state index in [1.54, 1.807) is 0 Å². The molecule has 1 aliphatic rings. The first-order valence-electron chi connectivity index (χ1n) is 7.98. The van der Waals surface area contributed by atoms with Crippen LogP contribution < -0.4 is 11.1 Å². The van der Waals surface area contributed by atoms with Crippen LogP contribution in [0.4, 0.5) is 0 Å². The number of aliphatic imine (C=N–C) groups is 1. The summed E-state index contributed by atoms with van der Waals surface area (Å²) in [4.78, 5) is 9.57. The number of morpholine rings is 1. The molecule has 0 bridgehead atoms. The van der Waals surface area contributed by atoms with Gasteiger partial charge in [-0.15, -0.1) is 11.3 Å². The highest BCUT2D eigenvalue weighted by molar-refractivity contribution is 7.12. The van der Waals surface area contributed by atoms with Crippen LogP contribution in [0.5, 0.6) is 0 Å². The maximum atomic E-state index is 5.98. The van der Waals surface area contributed by atoms with Gasteiger partial charge in [-0.05, 0) is 25.0 Å². The molecule has 1 atom stereocenters. The molecule has 5 nitrogen and oxygen atoms in total. The van der Waals surface area contributed by atoms with Gasteiger partial charge in [0.1, 0.15) is 0 Å². The third-order valence-corrected chi connectivity index (χ3v) is 4.78. The molecule has 0 radical (unpaired) electrons. The van der Waals surface area contributed by atoms with E-state index in [2.05, 4.69) is 48.1 Å². The van der Waals surface area contributed by atoms with Gasteiger partial charge >= 0.3 is 0 Å². The largest absolute Gasteiger partial charge is 0.379 e. The summed E-state index contributed by atoms with van der Waals surface area (Å²) in [6.45, 7) is 11.5. The van der Waals surface area contributed by atoms with Crippen molar-refractivity contribution in [1.82, 2.24) is 10.2 Å². The first-order valence-corrected chi connectivity index (χ1v) is 8.80. The number of thiophene rings is 1. The molecule has 1 aliphatic heterocycles. The van der Waals surface area contributed by atoms with E-state index in [1.807, 2.05) is 11.3 Å². The fourth-order valence-corrected chi connectivity index (χ4v) is 3.48. The average Bonchev–Trinajstić information content (AvgIpc) is 2.93. The summed E-state index contributed by atoms with van der Waals surface area (Å²) in [7, 11) is 0. The molecule has 1 fully saturated rings. The first-order chi connectivity index (χ1) is 10.6. The predicted octanol–water partition coefficient (Wildman–Crippen LogP) is 1.99. The van der Waals surface area contributed by atoms with Gasteiger partial charge in [-0.25, -0.2) is 0 Å². The van der Waals surface area contributed by atoms with Gasteiger partial charge in [0.2, 0.25) is 0 Å². The molecule has 1 aromatic heterocycles. The molecule has 0 saturated carbocycles. The second-order valence-electron chi connectivity index (χ2n) is 6.11. The van der Waals surface area contributed by atoms with Gasteiger partial charge in [0.15, 0.2) is 5.96 Å². The number of nitrogens with zero attached hydrogens (tertiary/aromatic N) is 2. The van der Waals surface area contributed by atoms with Gasteiger partial charge in [0.25, 0.3) is 0 Å². The lowest BCUT2D eigenvalue weighted by Gasteiger charge is -2.34. The van der Waals surface area contributed by atoms with Gasteiger partial charge in [-0.2, -0.15) is 0 Å². The van der Waals surface area contributed by atoms with Crippen LogP contribution in [0.3, 0.4) is 0 Å². The van der Waals surface area contributed by atoms with Gasteiger partial charge in [-0.3, -0.25) is 9.89 Å². The Morgan fingerprint density at radius 1 is 1.41 bits per heavy atom. The molecule has 0 amide bonds. The molecule has 2 rings (SSSR count). The van der Waals surface area contributed by atoms with E-state index in [0.29, 0.717) is 17.9 Å². The zero-order valence-electron chi connectivity index (χ0n) is 13.8. The molecule has 0 aliphatic carbocycles. The van der Waals surface area contributed by atoms with Crippen molar-refractivity contribution >= 4 is 17.3 Å². The Morgan fingerprint density at radius 3 is 2.73 bits per heavy atom. The van der Waals surface area contributed by atoms with Crippen molar-refractivity contribution in [3.8, 4) is 0 Å². The first kappa shape index (κ1) is 17.2. The maximum absolute atomic E-state index is 5.98. The van der Waals surface area contributed by atoms with Gasteiger partial charge in [0, 0.05) is 35.9 Å². The minimum Gasteiger partial charge on any atom is -0.379 e. The zero-order valence-corrected chi connectivity index (χ0v) is 14.7. The van der Waals surface area contributed by atoms with Crippen LogP contribution in [0.15, 0.2) is 17.1 Å². The minimum atomic E-state index is 0.329. The van der Waals surface area contributed by atoms with Crippen LogP contribution in [0.2, 0.25) is 0 Å². The molecule has 1 unspecified atom stereocenters. The van der Waals surface area contributed by atoms with Crippen molar-refractivity contribution in [2.24, 2.45) is 16.6 Å². The van der Waals surface area contributed by atoms with Crippen molar-refractivity contribution in [2.75, 3.05) is 39.4 Å². The number of ether oxygens (including phenoxy) is 1. The summed E-state index contributed by atoms with van der Waals surface area (Å²) in [5.41, 5.74) is 5.98. The summed E-state index contributed by atoms with van der Waals surface area (Å²) < 4.78 is 5.47. The fraction of sp³-hybridized carbons (Fsp3) is 0.688. The molecular weight excluding hydrogens is 296 g/mol. The van der Waals surface area contributed by atoms with Crippen LogP contribution in [0.1, 0.15) is 29.6 Å². The fourth-order valence-electron chi connectivity index (χ4n) is 2.47. The van der Waals surface area contributed by atoms with Crippen LogP contribution >= 0.6 is 11.3 Å². The van der Waals surface area contributed by atoms with E-state index in [4.69, 9.17) is 10.5 Å². The van der Waals surface area contributed by atoms with Crippen LogP contribution in [-0.2, 0) is 4.74 Å². The Kier molecular flexibility index (Phi) is 6.67. The zero-order chi connectivity index (χ0) is 15.9. The quantitative estimate of drug-likeness (QED) is 0.620. The van der Waals surface area contributed by atoms with E-state index in [1.165, 1.54) is 9.75 Å². The van der Waals surface area contributed by atoms with E-state index in [-0.39, 0.29) is 0 Å². The normalized spacial score (nSPS) is 18.6. The van der Waals surface area contributed by atoms with Crippen molar-refractivity contribution in [1.29, 1.82) is 0 Å². The van der Waals surface area contributed by atoms with E-state index in [0.717, 1.165) is 39.4 Å². The molecule has 0 aromatic carbocycles. The molecule has 6 heteroatoms. The molecule has 0 spiro atoms. The Balaban J connectivity index is 2.00. The molecule has 2 heterocycles. The van der Waals surface area contributed by atoms with Gasteiger partial charge in [0.05, 0.1) is 19.3 Å². The van der Waals surface area contributed by atoms with Crippen molar-refractivity contribution in [3.05, 3.63) is 21.9 Å². The third-order valence-electron chi connectivity index (χ3n) is 3.68. The highest BCUT2D eigenvalue weighted by Crippen LogP contribution is 2.27. The Hall–Kier alpha value is -1.11. The number of rotatable bonds is 6. The SMILES string of the molecule is Cc1ccc(C(CNC(N)=NCC(C)C)N2CCOCC2)s1. The average molecular weight is 324 g/mol. The van der Waals surface area contributed by atoms with Crippen molar-refractivity contribution in [2.45, 2.75) is 26.8 Å². The molecule has 1 saturated heterocycles. The molecular formula is C16H28N4OS. The van der Waals surface area contributed by atoms with E-state index >= 15 is 0 Å². The maximum Gasteiger partial charge on any atom is 0.188 e. The number of aryl methyl sites for hydroxylation is 1. The highest BCUT2D eigenvalue weighted by atomic mass is 32.1. The second-order valence-corrected chi connectivity index (χ2v) is 7.43. The number of guanidine groups is 1. The van der Waals surface area contributed by atoms with Crippen molar-refractivity contribution in [3.63, 3.8) is 0 Å². The Labute approximate surface area is 137 Å². The van der Waals surface area contributed by atoms with Crippen LogP contribution in [0.25, 0.3) is 0 Å². The Bertz CT molecular complexity index is 480. The summed E-state index contributed by atoms with van der Waals surface area (Å²) in [5.74, 6) is 1.07. The number of nitrogens with two attached hydrogens (primary N) is 1. The topological polar surface area (TPSA) is 62.9 Å². The summed E-state index contributed by atoms with van der Waals surface area (Å²) in [6.07, 6.45) is 0. The standard InChI is InChI=1S/C16H28N4OS/c1-12(2)10-18-16(17)19-11-14(15-5-4-13(3)22-15)20-6-8-21-9-7-20/h4-5,12,14H,6-11H2,1-3H3,(H3,17,18,19). The summed E-state index contributed by atoms with van der Waals surface area (Å²) in [6, 6.07) is 4.74. The van der Waals surface area contributed by atoms with Crippen LogP contribution in [0, 0.1) is 12.8 Å². The number of nitrogens with one attached hydrogen (secondary N) is 1. The summed E-state index contributed by atoms with van der Waals surface area (Å²) >= 11 is 1.86. The highest BCUT2D eigenvalue weighted by Gasteiger charge is 2.23. The Morgan fingerprint density at radius 2 is 2.14 bits per heavy atom.